The molecule has 0 aliphatic heterocycles. The van der Waals surface area contributed by atoms with Gasteiger partial charge >= 0.3 is 0 Å². The first-order valence-corrected chi connectivity index (χ1v) is 9.95. The number of amides is 1. The van der Waals surface area contributed by atoms with Crippen LogP contribution in [0.1, 0.15) is 29.4 Å². The van der Waals surface area contributed by atoms with E-state index in [-0.39, 0.29) is 17.1 Å². The average Bonchev–Trinajstić information content (AvgIpc) is 3.06. The molecule has 0 atom stereocenters. The molecule has 0 aliphatic carbocycles. The highest BCUT2D eigenvalue weighted by Crippen LogP contribution is 2.24. The van der Waals surface area contributed by atoms with E-state index in [1.165, 1.54) is 12.3 Å². The number of aromatic nitrogens is 3. The number of pyridine rings is 1. The van der Waals surface area contributed by atoms with Gasteiger partial charge < -0.3 is 5.32 Å². The smallest absolute Gasteiger partial charge is 0.261 e. The molecule has 29 heavy (non-hydrogen) atoms. The molecule has 0 bridgehead atoms. The Bertz CT molecular complexity index is 1250. The molecule has 150 valence electrons. The third-order valence-electron chi connectivity index (χ3n) is 3.84. The predicted molar refractivity (Wildman–Crippen MR) is 101 cm³/mol. The summed E-state index contributed by atoms with van der Waals surface area (Å²) in [5.41, 5.74) is -1.11. The van der Waals surface area contributed by atoms with Gasteiger partial charge in [0.25, 0.3) is 5.91 Å². The van der Waals surface area contributed by atoms with Crippen LogP contribution in [0.25, 0.3) is 11.0 Å². The number of hydrogen-bond acceptors (Lipinski definition) is 6. The first-order valence-electron chi connectivity index (χ1n) is 8.29. The van der Waals surface area contributed by atoms with Gasteiger partial charge in [-0.25, -0.2) is 22.2 Å². The van der Waals surface area contributed by atoms with Gasteiger partial charge in [-0.3, -0.25) is 14.6 Å². The number of nitrogens with zero attached hydrogens (tertiary/aromatic N) is 3. The number of benzene rings is 1. The minimum atomic E-state index is -3.84. The van der Waals surface area contributed by atoms with Gasteiger partial charge in [-0.2, -0.15) is 10.4 Å². The zero-order valence-corrected chi connectivity index (χ0v) is 15.8. The summed E-state index contributed by atoms with van der Waals surface area (Å²) < 4.78 is 54.5. The number of carbonyl (C=O) groups is 1. The summed E-state index contributed by atoms with van der Waals surface area (Å²) in [6.45, 7) is 1.63. The lowest BCUT2D eigenvalue weighted by atomic mass is 10.1. The highest BCUT2D eigenvalue weighted by Gasteiger charge is 2.23. The fraction of sp³-hybridized carbons (Fsp3) is 0.176. The summed E-state index contributed by atoms with van der Waals surface area (Å²) in [6, 6.07) is 4.89. The van der Waals surface area contributed by atoms with Crippen molar-refractivity contribution < 1.29 is 22.0 Å². The Balaban J connectivity index is 1.93. The first-order chi connectivity index (χ1) is 13.8. The standard InChI is InChI=1S/C17H14F2N6O3S/c1-2-5-29(27,28)25-12-4-3-11(18)14(15(12)19)17(26)22-9-6-10-13(7-20)23-24-16(10)21-8-9/h3-4,6,8,25H,2,5H2,1H3,(H,22,26)(H,21,23,24). The fourth-order valence-corrected chi connectivity index (χ4v) is 3.71. The lowest BCUT2D eigenvalue weighted by Crippen LogP contribution is -2.20. The zero-order chi connectivity index (χ0) is 21.2. The molecule has 0 saturated heterocycles. The van der Waals surface area contributed by atoms with E-state index in [1.54, 1.807) is 6.92 Å². The Morgan fingerprint density at radius 1 is 1.34 bits per heavy atom. The van der Waals surface area contributed by atoms with E-state index in [9.17, 15) is 22.0 Å². The van der Waals surface area contributed by atoms with Gasteiger partial charge in [0.1, 0.15) is 17.4 Å². The number of nitrogens with one attached hydrogen (secondary N) is 3. The van der Waals surface area contributed by atoms with Gasteiger partial charge in [0.05, 0.1) is 28.7 Å². The van der Waals surface area contributed by atoms with Gasteiger partial charge in [0.15, 0.2) is 17.2 Å². The van der Waals surface area contributed by atoms with Gasteiger partial charge in [0.2, 0.25) is 10.0 Å². The number of rotatable bonds is 6. The van der Waals surface area contributed by atoms with Crippen molar-refractivity contribution in [2.75, 3.05) is 15.8 Å². The third-order valence-corrected chi connectivity index (χ3v) is 5.31. The normalized spacial score (nSPS) is 11.2. The molecule has 0 saturated carbocycles. The SMILES string of the molecule is CCCS(=O)(=O)Nc1ccc(F)c(C(=O)Nc2cnc3[nH]nc(C#N)c3c2)c1F. The Morgan fingerprint density at radius 2 is 2.10 bits per heavy atom. The number of aromatic amines is 1. The van der Waals surface area contributed by atoms with Crippen LogP contribution in [0.3, 0.4) is 0 Å². The predicted octanol–water partition coefficient (Wildman–Crippen LogP) is 2.51. The van der Waals surface area contributed by atoms with E-state index in [4.69, 9.17) is 5.26 Å². The second kappa shape index (κ2) is 7.80. The molecule has 0 unspecified atom stereocenters. The molecule has 0 spiro atoms. The van der Waals surface area contributed by atoms with E-state index in [0.29, 0.717) is 17.5 Å². The molecule has 2 aromatic heterocycles. The number of halogens is 2. The highest BCUT2D eigenvalue weighted by molar-refractivity contribution is 7.92. The summed E-state index contributed by atoms with van der Waals surface area (Å²) >= 11 is 0. The molecule has 3 rings (SSSR count). The molecule has 2 heterocycles. The minimum absolute atomic E-state index is 0.0355. The Kier molecular flexibility index (Phi) is 5.42. The summed E-state index contributed by atoms with van der Waals surface area (Å²) in [5, 5.41) is 17.9. The number of nitriles is 1. The zero-order valence-electron chi connectivity index (χ0n) is 15.0. The number of anilines is 2. The Morgan fingerprint density at radius 3 is 2.79 bits per heavy atom. The summed E-state index contributed by atoms with van der Waals surface area (Å²) in [6.07, 6.45) is 1.50. The maximum absolute atomic E-state index is 14.7. The van der Waals surface area contributed by atoms with Crippen LogP contribution in [-0.4, -0.2) is 35.3 Å². The molecule has 3 N–H and O–H groups in total. The average molecular weight is 420 g/mol. The van der Waals surface area contributed by atoms with E-state index in [1.807, 2.05) is 10.8 Å². The largest absolute Gasteiger partial charge is 0.320 e. The van der Waals surface area contributed by atoms with Crippen LogP contribution < -0.4 is 10.0 Å². The van der Waals surface area contributed by atoms with Gasteiger partial charge in [-0.05, 0) is 24.6 Å². The van der Waals surface area contributed by atoms with Crippen LogP contribution in [0.5, 0.6) is 0 Å². The van der Waals surface area contributed by atoms with E-state index in [0.717, 1.165) is 12.1 Å². The van der Waals surface area contributed by atoms with Crippen LogP contribution in [0, 0.1) is 23.0 Å². The minimum Gasteiger partial charge on any atom is -0.320 e. The fourth-order valence-electron chi connectivity index (χ4n) is 2.58. The summed E-state index contributed by atoms with van der Waals surface area (Å²) in [4.78, 5) is 16.4. The second-order valence-electron chi connectivity index (χ2n) is 5.96. The summed E-state index contributed by atoms with van der Waals surface area (Å²) in [5.74, 6) is -3.94. The van der Waals surface area contributed by atoms with Gasteiger partial charge in [0, 0.05) is 0 Å². The number of hydrogen-bond donors (Lipinski definition) is 3. The van der Waals surface area contributed by atoms with E-state index >= 15 is 0 Å². The van der Waals surface area contributed by atoms with E-state index in [2.05, 4.69) is 20.5 Å². The molecule has 1 aromatic carbocycles. The van der Waals surface area contributed by atoms with Crippen molar-refractivity contribution in [3.63, 3.8) is 0 Å². The van der Waals surface area contributed by atoms with Crippen LogP contribution in [0.4, 0.5) is 20.2 Å². The van der Waals surface area contributed by atoms with Crippen LogP contribution in [0.2, 0.25) is 0 Å². The second-order valence-corrected chi connectivity index (χ2v) is 7.81. The van der Waals surface area contributed by atoms with Crippen molar-refractivity contribution in [1.82, 2.24) is 15.2 Å². The van der Waals surface area contributed by atoms with Crippen molar-refractivity contribution in [2.24, 2.45) is 0 Å². The molecule has 0 radical (unpaired) electrons. The summed E-state index contributed by atoms with van der Waals surface area (Å²) in [7, 11) is -3.84. The van der Waals surface area contributed by atoms with Crippen molar-refractivity contribution >= 4 is 38.3 Å². The van der Waals surface area contributed by atoms with Crippen LogP contribution >= 0.6 is 0 Å². The van der Waals surface area contributed by atoms with Crippen molar-refractivity contribution in [2.45, 2.75) is 13.3 Å². The lowest BCUT2D eigenvalue weighted by molar-refractivity contribution is 0.101. The number of sulfonamides is 1. The molecular formula is C17H14F2N6O3S. The highest BCUT2D eigenvalue weighted by atomic mass is 32.2. The molecular weight excluding hydrogens is 406 g/mol. The Hall–Kier alpha value is -3.59. The quantitative estimate of drug-likeness (QED) is 0.560. The monoisotopic (exact) mass is 420 g/mol. The maximum atomic E-state index is 14.7. The third kappa shape index (κ3) is 4.14. The number of H-pyrrole nitrogens is 1. The lowest BCUT2D eigenvalue weighted by Gasteiger charge is -2.12. The van der Waals surface area contributed by atoms with Crippen LogP contribution in [0.15, 0.2) is 24.4 Å². The van der Waals surface area contributed by atoms with E-state index < -0.39 is 38.8 Å². The molecule has 0 aliphatic rings. The molecule has 1 amide bonds. The van der Waals surface area contributed by atoms with Gasteiger partial charge in [-0.1, -0.05) is 6.92 Å². The van der Waals surface area contributed by atoms with Crippen molar-refractivity contribution in [1.29, 1.82) is 5.26 Å². The maximum Gasteiger partial charge on any atom is 0.261 e. The topological polar surface area (TPSA) is 141 Å². The molecule has 3 aromatic rings. The van der Waals surface area contributed by atoms with Crippen molar-refractivity contribution in [3.05, 3.63) is 47.3 Å². The van der Waals surface area contributed by atoms with Gasteiger partial charge in [-0.15, -0.1) is 0 Å². The molecule has 0 fully saturated rings. The molecule has 12 heteroatoms. The molecule has 9 nitrogen and oxygen atoms in total. The van der Waals surface area contributed by atoms with Crippen LogP contribution in [-0.2, 0) is 10.0 Å². The Labute approximate surface area is 163 Å². The first kappa shape index (κ1) is 20.2. The number of fused-ring (bicyclic) bond motifs is 1. The number of carbonyl (C=O) groups excluding carboxylic acids is 1. The van der Waals surface area contributed by atoms with Crippen molar-refractivity contribution in [3.8, 4) is 6.07 Å².